The zero-order chi connectivity index (χ0) is 25.2. The molecule has 0 heterocycles. The van der Waals surface area contributed by atoms with Gasteiger partial charge in [-0.2, -0.15) is 5.10 Å². The number of rotatable bonds is 9. The zero-order valence-corrected chi connectivity index (χ0v) is 22.3. The molecule has 0 aliphatic carbocycles. The quantitative estimate of drug-likeness (QED) is 0.116. The molecular formula is C25H21BrIN3O5. The predicted octanol–water partition coefficient (Wildman–Crippen LogP) is 4.55. The first-order valence-electron chi connectivity index (χ1n) is 10.5. The highest BCUT2D eigenvalue weighted by Gasteiger charge is 2.13. The molecule has 0 radical (unpaired) electrons. The smallest absolute Gasteiger partial charge is 0.343 e. The van der Waals surface area contributed by atoms with Crippen molar-refractivity contribution in [1.82, 2.24) is 10.7 Å². The first-order chi connectivity index (χ1) is 16.9. The van der Waals surface area contributed by atoms with Crippen LogP contribution in [-0.2, 0) is 4.79 Å². The number of halogens is 2. The molecule has 0 fully saturated rings. The van der Waals surface area contributed by atoms with Crippen molar-refractivity contribution in [2.45, 2.75) is 6.92 Å². The second kappa shape index (κ2) is 13.0. The van der Waals surface area contributed by atoms with Gasteiger partial charge in [-0.15, -0.1) is 0 Å². The monoisotopic (exact) mass is 649 g/mol. The molecule has 0 spiro atoms. The van der Waals surface area contributed by atoms with Crippen molar-refractivity contribution in [3.05, 3.63) is 91.5 Å². The van der Waals surface area contributed by atoms with Gasteiger partial charge in [0.05, 0.1) is 30.5 Å². The second-order valence-corrected chi connectivity index (χ2v) is 9.06. The number of carbonyl (C=O) groups is 3. The molecule has 0 aliphatic heterocycles. The summed E-state index contributed by atoms with van der Waals surface area (Å²) in [7, 11) is 0. The summed E-state index contributed by atoms with van der Waals surface area (Å²) in [5.41, 5.74) is 3.65. The molecule has 3 aromatic carbocycles. The van der Waals surface area contributed by atoms with Gasteiger partial charge in [-0.1, -0.05) is 28.1 Å². The Bertz CT molecular complexity index is 1250. The third-order valence-electron chi connectivity index (χ3n) is 4.50. The number of nitrogens with zero attached hydrogens (tertiary/aromatic N) is 1. The Morgan fingerprint density at radius 2 is 1.80 bits per heavy atom. The van der Waals surface area contributed by atoms with E-state index >= 15 is 0 Å². The standard InChI is InChI=1S/C25H21BrIN3O5/c1-2-34-19-10-7-16(8-11-19)25(33)35-22-12-9-18(26)13-17(22)14-29-30-23(31)15-28-24(32)20-5-3-4-6-21(20)27/h3-14H,2,15H2,1H3,(H,28,32)(H,30,31). The van der Waals surface area contributed by atoms with Crippen LogP contribution in [0.25, 0.3) is 0 Å². The molecule has 0 unspecified atom stereocenters. The van der Waals surface area contributed by atoms with Crippen LogP contribution in [-0.4, -0.2) is 37.1 Å². The molecule has 0 bridgehead atoms. The maximum Gasteiger partial charge on any atom is 0.343 e. The molecule has 8 nitrogen and oxygen atoms in total. The fraction of sp³-hybridized carbons (Fsp3) is 0.120. The van der Waals surface area contributed by atoms with E-state index in [2.05, 4.69) is 54.4 Å². The Morgan fingerprint density at radius 1 is 1.06 bits per heavy atom. The van der Waals surface area contributed by atoms with E-state index in [0.717, 1.165) is 8.04 Å². The molecule has 0 atom stereocenters. The van der Waals surface area contributed by atoms with E-state index < -0.39 is 11.9 Å². The molecule has 0 saturated heterocycles. The Balaban J connectivity index is 1.59. The first-order valence-corrected chi connectivity index (χ1v) is 12.3. The highest BCUT2D eigenvalue weighted by Crippen LogP contribution is 2.23. The molecule has 2 amide bonds. The molecule has 10 heteroatoms. The third-order valence-corrected chi connectivity index (χ3v) is 5.93. The maximum absolute atomic E-state index is 12.6. The van der Waals surface area contributed by atoms with E-state index in [1.165, 1.54) is 6.21 Å². The Labute approximate surface area is 224 Å². The van der Waals surface area contributed by atoms with Crippen LogP contribution in [0.5, 0.6) is 11.5 Å². The van der Waals surface area contributed by atoms with Crippen molar-refractivity contribution >= 4 is 62.5 Å². The van der Waals surface area contributed by atoms with Crippen molar-refractivity contribution in [2.75, 3.05) is 13.2 Å². The van der Waals surface area contributed by atoms with Gasteiger partial charge in [0, 0.05) is 13.6 Å². The summed E-state index contributed by atoms with van der Waals surface area (Å²) in [4.78, 5) is 36.9. The lowest BCUT2D eigenvalue weighted by molar-refractivity contribution is -0.120. The van der Waals surface area contributed by atoms with E-state index in [-0.39, 0.29) is 18.2 Å². The van der Waals surface area contributed by atoms with Crippen molar-refractivity contribution in [1.29, 1.82) is 0 Å². The summed E-state index contributed by atoms with van der Waals surface area (Å²) in [5, 5.41) is 6.47. The van der Waals surface area contributed by atoms with E-state index in [1.54, 1.807) is 60.7 Å². The third kappa shape index (κ3) is 7.89. The summed E-state index contributed by atoms with van der Waals surface area (Å²) >= 11 is 5.42. The van der Waals surface area contributed by atoms with Crippen LogP contribution in [0.1, 0.15) is 33.2 Å². The minimum absolute atomic E-state index is 0.251. The lowest BCUT2D eigenvalue weighted by Gasteiger charge is -2.09. The Hall–Kier alpha value is -3.25. The molecule has 0 saturated carbocycles. The second-order valence-electron chi connectivity index (χ2n) is 6.98. The van der Waals surface area contributed by atoms with Crippen LogP contribution in [0.15, 0.2) is 76.3 Å². The fourth-order valence-corrected chi connectivity index (χ4v) is 3.85. The van der Waals surface area contributed by atoms with Crippen LogP contribution >= 0.6 is 38.5 Å². The highest BCUT2D eigenvalue weighted by molar-refractivity contribution is 14.1. The molecule has 3 aromatic rings. The molecule has 180 valence electrons. The topological polar surface area (TPSA) is 106 Å². The largest absolute Gasteiger partial charge is 0.494 e. The number of nitrogens with one attached hydrogen (secondary N) is 2. The predicted molar refractivity (Wildman–Crippen MR) is 144 cm³/mol. The summed E-state index contributed by atoms with van der Waals surface area (Å²) in [5.74, 6) is -0.497. The van der Waals surface area contributed by atoms with Crippen molar-refractivity contribution in [3.63, 3.8) is 0 Å². The minimum Gasteiger partial charge on any atom is -0.494 e. The van der Waals surface area contributed by atoms with E-state index in [0.29, 0.717) is 29.0 Å². The number of carbonyl (C=O) groups excluding carboxylic acids is 3. The van der Waals surface area contributed by atoms with Crippen LogP contribution in [0.4, 0.5) is 0 Å². The summed E-state index contributed by atoms with van der Waals surface area (Å²) < 4.78 is 12.4. The van der Waals surface area contributed by atoms with Gasteiger partial charge < -0.3 is 14.8 Å². The minimum atomic E-state index is -0.549. The summed E-state index contributed by atoms with van der Waals surface area (Å²) in [6.07, 6.45) is 1.35. The van der Waals surface area contributed by atoms with Crippen LogP contribution in [0.3, 0.4) is 0 Å². The Morgan fingerprint density at radius 3 is 2.51 bits per heavy atom. The van der Waals surface area contributed by atoms with Gasteiger partial charge in [0.15, 0.2) is 0 Å². The molecule has 0 aliphatic rings. The number of hydrazone groups is 1. The van der Waals surface area contributed by atoms with E-state index in [9.17, 15) is 14.4 Å². The van der Waals surface area contributed by atoms with Gasteiger partial charge in [-0.3, -0.25) is 9.59 Å². The average molecular weight is 650 g/mol. The Kier molecular flexibility index (Phi) is 9.79. The molecule has 35 heavy (non-hydrogen) atoms. The lowest BCUT2D eigenvalue weighted by atomic mass is 10.2. The van der Waals surface area contributed by atoms with Crippen LogP contribution in [0, 0.1) is 3.57 Å². The lowest BCUT2D eigenvalue weighted by Crippen LogP contribution is -2.35. The van der Waals surface area contributed by atoms with Gasteiger partial charge >= 0.3 is 5.97 Å². The number of amides is 2. The number of hydrogen-bond donors (Lipinski definition) is 2. The zero-order valence-electron chi connectivity index (χ0n) is 18.6. The SMILES string of the molecule is CCOc1ccc(C(=O)Oc2ccc(Br)cc2C=NNC(=O)CNC(=O)c2ccccc2I)cc1. The average Bonchev–Trinajstić information content (AvgIpc) is 2.85. The van der Waals surface area contributed by atoms with Gasteiger partial charge in [0.2, 0.25) is 0 Å². The van der Waals surface area contributed by atoms with Crippen LogP contribution in [0.2, 0.25) is 0 Å². The van der Waals surface area contributed by atoms with E-state index in [1.807, 2.05) is 13.0 Å². The summed E-state index contributed by atoms with van der Waals surface area (Å²) in [6.45, 7) is 2.16. The van der Waals surface area contributed by atoms with Crippen molar-refractivity contribution in [3.8, 4) is 11.5 Å². The number of ether oxygens (including phenoxy) is 2. The highest BCUT2D eigenvalue weighted by atomic mass is 127. The normalized spacial score (nSPS) is 10.6. The van der Waals surface area contributed by atoms with Crippen LogP contribution < -0.4 is 20.2 Å². The van der Waals surface area contributed by atoms with Crippen molar-refractivity contribution < 1.29 is 23.9 Å². The summed E-state index contributed by atoms with van der Waals surface area (Å²) in [6, 6.07) is 18.7. The van der Waals surface area contributed by atoms with Gasteiger partial charge in [-0.25, -0.2) is 10.2 Å². The van der Waals surface area contributed by atoms with Crippen molar-refractivity contribution in [2.24, 2.45) is 5.10 Å². The number of hydrogen-bond acceptors (Lipinski definition) is 6. The van der Waals surface area contributed by atoms with Gasteiger partial charge in [0.1, 0.15) is 11.5 Å². The molecule has 3 rings (SSSR count). The van der Waals surface area contributed by atoms with E-state index in [4.69, 9.17) is 9.47 Å². The van der Waals surface area contributed by atoms with Gasteiger partial charge in [-0.05, 0) is 84.1 Å². The maximum atomic E-state index is 12.6. The fourth-order valence-electron chi connectivity index (χ4n) is 2.84. The molecule has 2 N–H and O–H groups in total. The van der Waals surface area contributed by atoms with Gasteiger partial charge in [0.25, 0.3) is 11.8 Å². The molecule has 0 aromatic heterocycles. The molecular weight excluding hydrogens is 629 g/mol. The number of esters is 1. The number of benzene rings is 3. The first kappa shape index (κ1) is 26.4.